The van der Waals surface area contributed by atoms with Gasteiger partial charge in [-0.1, -0.05) is 12.1 Å². The average molecular weight is 310 g/mol. The first kappa shape index (κ1) is 15.3. The lowest BCUT2D eigenvalue weighted by molar-refractivity contribution is 0.101. The molecule has 0 aromatic heterocycles. The number of halogens is 2. The highest BCUT2D eigenvalue weighted by Gasteiger charge is 2.22. The van der Waals surface area contributed by atoms with Gasteiger partial charge in [0.1, 0.15) is 17.4 Å². The maximum atomic E-state index is 13.5. The third kappa shape index (κ3) is 3.52. The topological polar surface area (TPSA) is 51.2 Å². The third-order valence-electron chi connectivity index (χ3n) is 2.90. The van der Waals surface area contributed by atoms with E-state index in [0.717, 1.165) is 17.7 Å². The number of carbonyl (C=O) groups excluding carboxylic acids is 1. The number of hydrogen-bond donors (Lipinski definition) is 0. The lowest BCUT2D eigenvalue weighted by Gasteiger charge is -2.06. The molecule has 2 aromatic rings. The maximum Gasteiger partial charge on any atom is 0.185 e. The largest absolute Gasteiger partial charge is 0.293 e. The number of rotatable bonds is 4. The van der Waals surface area contributed by atoms with Gasteiger partial charge in [0.2, 0.25) is 0 Å². The monoisotopic (exact) mass is 310 g/mol. The molecule has 110 valence electrons. The number of sulfone groups is 1. The molecular weight excluding hydrogens is 298 g/mol. The minimum atomic E-state index is -3.87. The molecule has 2 aromatic carbocycles. The highest BCUT2D eigenvalue weighted by molar-refractivity contribution is 7.92. The molecular formula is C15H12F2O3S. The van der Waals surface area contributed by atoms with Gasteiger partial charge in [-0.25, -0.2) is 17.2 Å². The van der Waals surface area contributed by atoms with Crippen LogP contribution in [0.3, 0.4) is 0 Å². The van der Waals surface area contributed by atoms with Gasteiger partial charge in [-0.3, -0.25) is 4.79 Å². The molecule has 21 heavy (non-hydrogen) atoms. The zero-order valence-electron chi connectivity index (χ0n) is 11.1. The summed E-state index contributed by atoms with van der Waals surface area (Å²) < 4.78 is 50.5. The Morgan fingerprint density at radius 3 is 2.43 bits per heavy atom. The molecule has 0 radical (unpaired) electrons. The van der Waals surface area contributed by atoms with Crippen molar-refractivity contribution in [2.45, 2.75) is 11.8 Å². The van der Waals surface area contributed by atoms with Crippen LogP contribution in [0.5, 0.6) is 0 Å². The van der Waals surface area contributed by atoms with Gasteiger partial charge in [-0.2, -0.15) is 0 Å². The van der Waals surface area contributed by atoms with Gasteiger partial charge >= 0.3 is 0 Å². The lowest BCUT2D eigenvalue weighted by Crippen LogP contribution is -2.17. The quantitative estimate of drug-likeness (QED) is 0.816. The maximum absolute atomic E-state index is 13.5. The van der Waals surface area contributed by atoms with Gasteiger partial charge in [-0.05, 0) is 36.8 Å². The van der Waals surface area contributed by atoms with Gasteiger partial charge in [0.05, 0.1) is 10.5 Å². The number of benzene rings is 2. The molecule has 0 amide bonds. The molecule has 0 spiro atoms. The van der Waals surface area contributed by atoms with Crippen LogP contribution in [0.1, 0.15) is 15.9 Å². The summed E-state index contributed by atoms with van der Waals surface area (Å²) >= 11 is 0. The van der Waals surface area contributed by atoms with Crippen LogP contribution in [0.4, 0.5) is 8.78 Å². The summed E-state index contributed by atoms with van der Waals surface area (Å²) in [5.41, 5.74) is 0.295. The van der Waals surface area contributed by atoms with Crippen molar-refractivity contribution in [2.75, 3.05) is 5.75 Å². The molecule has 6 heteroatoms. The predicted octanol–water partition coefficient (Wildman–Crippen LogP) is 2.93. The van der Waals surface area contributed by atoms with Crippen LogP contribution in [0, 0.1) is 18.6 Å². The Hall–Kier alpha value is -2.08. The number of hydrogen-bond acceptors (Lipinski definition) is 3. The zero-order chi connectivity index (χ0) is 15.6. The molecule has 0 saturated carbocycles. The smallest absolute Gasteiger partial charge is 0.185 e. The third-order valence-corrected chi connectivity index (χ3v) is 4.52. The van der Waals surface area contributed by atoms with Crippen molar-refractivity contribution in [3.63, 3.8) is 0 Å². The van der Waals surface area contributed by atoms with Crippen LogP contribution < -0.4 is 0 Å². The van der Waals surface area contributed by atoms with E-state index in [1.54, 1.807) is 19.1 Å². The molecule has 2 rings (SSSR count). The van der Waals surface area contributed by atoms with Gasteiger partial charge in [0, 0.05) is 6.07 Å². The van der Waals surface area contributed by atoms with Crippen molar-refractivity contribution < 1.29 is 22.0 Å². The summed E-state index contributed by atoms with van der Waals surface area (Å²) in [5.74, 6) is -3.67. The summed E-state index contributed by atoms with van der Waals surface area (Å²) in [7, 11) is -3.87. The Morgan fingerprint density at radius 1 is 1.10 bits per heavy atom. The minimum Gasteiger partial charge on any atom is -0.293 e. The van der Waals surface area contributed by atoms with Crippen LogP contribution in [-0.4, -0.2) is 20.0 Å². The van der Waals surface area contributed by atoms with E-state index in [4.69, 9.17) is 0 Å². The van der Waals surface area contributed by atoms with Gasteiger partial charge in [0.15, 0.2) is 15.6 Å². The molecule has 3 nitrogen and oxygen atoms in total. The molecule has 0 unspecified atom stereocenters. The van der Waals surface area contributed by atoms with Crippen LogP contribution in [0.25, 0.3) is 0 Å². The summed E-state index contributed by atoms with van der Waals surface area (Å²) in [6, 6.07) is 8.49. The van der Waals surface area contributed by atoms with Gasteiger partial charge < -0.3 is 0 Å². The van der Waals surface area contributed by atoms with Crippen molar-refractivity contribution in [1.82, 2.24) is 0 Å². The number of aryl methyl sites for hydroxylation is 1. The Kier molecular flexibility index (Phi) is 4.18. The molecule has 0 aliphatic carbocycles. The summed E-state index contributed by atoms with van der Waals surface area (Å²) in [6.45, 7) is 1.72. The van der Waals surface area contributed by atoms with Crippen molar-refractivity contribution in [3.8, 4) is 0 Å². The normalized spacial score (nSPS) is 11.4. The van der Waals surface area contributed by atoms with Crippen LogP contribution >= 0.6 is 0 Å². The van der Waals surface area contributed by atoms with Crippen LogP contribution in [0.15, 0.2) is 47.4 Å². The molecule has 0 atom stereocenters. The highest BCUT2D eigenvalue weighted by atomic mass is 32.2. The van der Waals surface area contributed by atoms with Crippen LogP contribution in [-0.2, 0) is 9.84 Å². The standard InChI is InChI=1S/C15H12F2O3S/c1-10-3-2-4-12(7-10)21(19,20)9-15(18)13-6-5-11(16)8-14(13)17/h2-8H,9H2,1H3. The second kappa shape index (κ2) is 5.73. The van der Waals surface area contributed by atoms with E-state index < -0.39 is 38.6 Å². The van der Waals surface area contributed by atoms with Crippen molar-refractivity contribution in [2.24, 2.45) is 0 Å². The fourth-order valence-corrected chi connectivity index (χ4v) is 3.18. The van der Waals surface area contributed by atoms with E-state index in [1.807, 2.05) is 0 Å². The highest BCUT2D eigenvalue weighted by Crippen LogP contribution is 2.16. The number of carbonyl (C=O) groups is 1. The Labute approximate surface area is 121 Å². The van der Waals surface area contributed by atoms with E-state index in [9.17, 15) is 22.0 Å². The molecule has 0 heterocycles. The fourth-order valence-electron chi connectivity index (χ4n) is 1.86. The summed E-state index contributed by atoms with van der Waals surface area (Å²) in [4.78, 5) is 11.9. The number of Topliss-reactive ketones (excluding diaryl/α,β-unsaturated/α-hetero) is 1. The second-order valence-electron chi connectivity index (χ2n) is 4.62. The summed E-state index contributed by atoms with van der Waals surface area (Å²) in [6.07, 6.45) is 0. The summed E-state index contributed by atoms with van der Waals surface area (Å²) in [5, 5.41) is 0. The van der Waals surface area contributed by atoms with Crippen molar-refractivity contribution in [3.05, 3.63) is 65.2 Å². The first-order chi connectivity index (χ1) is 9.79. The zero-order valence-corrected chi connectivity index (χ0v) is 12.0. The Bertz CT molecular complexity index is 798. The molecule has 0 fully saturated rings. The molecule has 0 aliphatic heterocycles. The predicted molar refractivity (Wildman–Crippen MR) is 73.9 cm³/mol. The molecule has 0 N–H and O–H groups in total. The minimum absolute atomic E-state index is 0.00151. The number of ketones is 1. The Morgan fingerprint density at radius 2 is 1.81 bits per heavy atom. The molecule has 0 aliphatic rings. The van der Waals surface area contributed by atoms with E-state index in [-0.39, 0.29) is 4.90 Å². The molecule has 0 saturated heterocycles. The van der Waals surface area contributed by atoms with E-state index >= 15 is 0 Å². The first-order valence-corrected chi connectivity index (χ1v) is 7.72. The average Bonchev–Trinajstić information content (AvgIpc) is 2.37. The van der Waals surface area contributed by atoms with E-state index in [1.165, 1.54) is 12.1 Å². The lowest BCUT2D eigenvalue weighted by atomic mass is 10.1. The van der Waals surface area contributed by atoms with Gasteiger partial charge in [-0.15, -0.1) is 0 Å². The van der Waals surface area contributed by atoms with Crippen molar-refractivity contribution >= 4 is 15.6 Å². The van der Waals surface area contributed by atoms with E-state index in [2.05, 4.69) is 0 Å². The van der Waals surface area contributed by atoms with Crippen LogP contribution in [0.2, 0.25) is 0 Å². The first-order valence-electron chi connectivity index (χ1n) is 6.07. The van der Waals surface area contributed by atoms with E-state index in [0.29, 0.717) is 6.07 Å². The van der Waals surface area contributed by atoms with Gasteiger partial charge in [0.25, 0.3) is 0 Å². The SMILES string of the molecule is Cc1cccc(S(=O)(=O)CC(=O)c2ccc(F)cc2F)c1. The Balaban J connectivity index is 2.30. The second-order valence-corrected chi connectivity index (χ2v) is 6.61. The van der Waals surface area contributed by atoms with Crippen molar-refractivity contribution in [1.29, 1.82) is 0 Å². The molecule has 0 bridgehead atoms. The fraction of sp³-hybridized carbons (Fsp3) is 0.133.